The summed E-state index contributed by atoms with van der Waals surface area (Å²) in [5.74, 6) is 1.18. The van der Waals surface area contributed by atoms with Crippen molar-refractivity contribution >= 4 is 40.5 Å². The highest BCUT2D eigenvalue weighted by molar-refractivity contribution is 9.10. The van der Waals surface area contributed by atoms with E-state index < -0.39 is 0 Å². The third-order valence-electron chi connectivity index (χ3n) is 4.63. The molecule has 0 fully saturated rings. The van der Waals surface area contributed by atoms with Crippen molar-refractivity contribution < 1.29 is 9.47 Å². The van der Waals surface area contributed by atoms with Gasteiger partial charge in [0.25, 0.3) is 0 Å². The van der Waals surface area contributed by atoms with Crippen LogP contribution in [0.3, 0.4) is 0 Å². The summed E-state index contributed by atoms with van der Waals surface area (Å²) in [6.45, 7) is 8.92. The van der Waals surface area contributed by atoms with Crippen molar-refractivity contribution in [2.45, 2.75) is 34.3 Å². The smallest absolute Gasteiger partial charge is 0.211 e. The lowest BCUT2D eigenvalue weighted by atomic mass is 9.95. The van der Waals surface area contributed by atoms with Crippen molar-refractivity contribution in [2.24, 2.45) is 21.7 Å². The van der Waals surface area contributed by atoms with Gasteiger partial charge >= 0.3 is 0 Å². The fourth-order valence-electron chi connectivity index (χ4n) is 2.76. The Hall–Kier alpha value is -2.25. The molecule has 0 saturated heterocycles. The van der Waals surface area contributed by atoms with E-state index >= 15 is 0 Å². The molecule has 152 valence electrons. The first-order valence-corrected chi connectivity index (χ1v) is 9.23. The van der Waals surface area contributed by atoms with Crippen LogP contribution in [-0.4, -0.2) is 19.3 Å². The summed E-state index contributed by atoms with van der Waals surface area (Å²) in [6, 6.07) is 5.53. The van der Waals surface area contributed by atoms with Crippen LogP contribution in [0.1, 0.15) is 33.4 Å². The third-order valence-corrected chi connectivity index (χ3v) is 5.82. The van der Waals surface area contributed by atoms with E-state index in [4.69, 9.17) is 20.9 Å². The molecule has 28 heavy (non-hydrogen) atoms. The van der Waals surface area contributed by atoms with Crippen LogP contribution in [0.2, 0.25) is 0 Å². The second-order valence-electron chi connectivity index (χ2n) is 6.26. The molecule has 2 rings (SSSR count). The number of benzene rings is 2. The van der Waals surface area contributed by atoms with Gasteiger partial charge in [0.15, 0.2) is 11.5 Å². The monoisotopic (exact) mass is 468 g/mol. The number of halogens is 2. The topological polar surface area (TPSA) is 95.2 Å². The number of methoxy groups -OCH3 is 1. The second-order valence-corrected chi connectivity index (χ2v) is 7.05. The highest BCUT2D eigenvalue weighted by Crippen LogP contribution is 2.33. The van der Waals surface area contributed by atoms with Gasteiger partial charge in [-0.2, -0.15) is 5.10 Å². The van der Waals surface area contributed by atoms with Crippen LogP contribution in [0, 0.1) is 27.7 Å². The molecule has 0 radical (unpaired) electrons. The molecule has 0 spiro atoms. The van der Waals surface area contributed by atoms with Crippen molar-refractivity contribution in [3.05, 3.63) is 56.1 Å². The fourth-order valence-corrected chi connectivity index (χ4v) is 3.35. The molecule has 0 unspecified atom stereocenters. The van der Waals surface area contributed by atoms with Gasteiger partial charge < -0.3 is 20.9 Å². The molecule has 4 N–H and O–H groups in total. The lowest BCUT2D eigenvalue weighted by molar-refractivity contribution is 0.283. The van der Waals surface area contributed by atoms with Crippen LogP contribution in [0.25, 0.3) is 0 Å². The molecule has 0 bridgehead atoms. The van der Waals surface area contributed by atoms with Crippen LogP contribution >= 0.6 is 28.3 Å². The average molecular weight is 470 g/mol. The van der Waals surface area contributed by atoms with Gasteiger partial charge in [0.05, 0.1) is 13.3 Å². The number of ether oxygens (including phenoxy) is 2. The first-order chi connectivity index (χ1) is 12.8. The Kier molecular flexibility index (Phi) is 8.78. The van der Waals surface area contributed by atoms with Crippen molar-refractivity contribution in [1.29, 1.82) is 0 Å². The molecule has 0 heterocycles. The zero-order valence-corrected chi connectivity index (χ0v) is 19.1. The maximum absolute atomic E-state index is 6.07. The minimum Gasteiger partial charge on any atom is -0.493 e. The van der Waals surface area contributed by atoms with Crippen LogP contribution < -0.4 is 20.9 Å². The lowest BCUT2D eigenvalue weighted by Gasteiger charge is -2.19. The van der Waals surface area contributed by atoms with Gasteiger partial charge in [0.2, 0.25) is 5.96 Å². The maximum atomic E-state index is 6.07. The summed E-state index contributed by atoms with van der Waals surface area (Å²) in [5.41, 5.74) is 17.4. The first-order valence-electron chi connectivity index (χ1n) is 8.43. The summed E-state index contributed by atoms with van der Waals surface area (Å²) in [6.07, 6.45) is 1.54. The SMILES string of the molecule is COc1cc(C=NN=C(N)N)ccc1OCc1c(C)c(C)c(Br)c(C)c1C.Cl. The number of hydrogen-bond acceptors (Lipinski definition) is 4. The van der Waals surface area contributed by atoms with Crippen LogP contribution in [0.15, 0.2) is 32.9 Å². The summed E-state index contributed by atoms with van der Waals surface area (Å²) < 4.78 is 12.7. The van der Waals surface area contributed by atoms with Crippen molar-refractivity contribution in [2.75, 3.05) is 7.11 Å². The molecule has 6 nitrogen and oxygen atoms in total. The fraction of sp³-hybridized carbons (Fsp3) is 0.300. The van der Waals surface area contributed by atoms with Crippen LogP contribution in [0.4, 0.5) is 0 Å². The van der Waals surface area contributed by atoms with Gasteiger partial charge in [-0.3, -0.25) is 0 Å². The Morgan fingerprint density at radius 3 is 2.18 bits per heavy atom. The van der Waals surface area contributed by atoms with Gasteiger partial charge in [-0.1, -0.05) is 15.9 Å². The molecule has 0 amide bonds. The van der Waals surface area contributed by atoms with Gasteiger partial charge in [-0.15, -0.1) is 17.5 Å². The molecule has 0 saturated carbocycles. The lowest BCUT2D eigenvalue weighted by Crippen LogP contribution is -2.21. The van der Waals surface area contributed by atoms with E-state index in [0.29, 0.717) is 18.1 Å². The predicted octanol–water partition coefficient (Wildman–Crippen LogP) is 4.30. The Bertz CT molecular complexity index is 881. The number of nitrogens with two attached hydrogens (primary N) is 2. The molecule has 0 aliphatic rings. The largest absolute Gasteiger partial charge is 0.493 e. The summed E-state index contributed by atoms with van der Waals surface area (Å²) >= 11 is 3.67. The molecule has 0 aliphatic heterocycles. The Balaban J connectivity index is 0.00000392. The normalized spacial score (nSPS) is 10.5. The van der Waals surface area contributed by atoms with E-state index in [1.165, 1.54) is 27.8 Å². The molecular formula is C20H26BrClN4O2. The van der Waals surface area contributed by atoms with E-state index in [-0.39, 0.29) is 18.4 Å². The highest BCUT2D eigenvalue weighted by atomic mass is 79.9. The van der Waals surface area contributed by atoms with E-state index in [0.717, 1.165) is 10.0 Å². The van der Waals surface area contributed by atoms with Crippen LogP contribution in [0.5, 0.6) is 11.5 Å². The summed E-state index contributed by atoms with van der Waals surface area (Å²) in [4.78, 5) is 0. The van der Waals surface area contributed by atoms with Crippen LogP contribution in [-0.2, 0) is 6.61 Å². The summed E-state index contributed by atoms with van der Waals surface area (Å²) in [5, 5.41) is 7.39. The second kappa shape index (κ2) is 10.3. The molecular weight excluding hydrogens is 444 g/mol. The predicted molar refractivity (Wildman–Crippen MR) is 121 cm³/mol. The maximum Gasteiger partial charge on any atom is 0.211 e. The third kappa shape index (κ3) is 5.39. The van der Waals surface area contributed by atoms with E-state index in [1.54, 1.807) is 13.3 Å². The van der Waals surface area contributed by atoms with E-state index in [9.17, 15) is 0 Å². The standard InChI is InChI=1S/C20H25BrN4O2.ClH/c1-11-13(3)19(21)14(4)12(2)16(11)10-27-17-7-6-15(8-18(17)26-5)9-24-25-20(22)23;/h6-9H,10H2,1-5H3,(H4,22,23,25);1H. The van der Waals surface area contributed by atoms with E-state index in [1.807, 2.05) is 18.2 Å². The molecule has 0 aliphatic carbocycles. The van der Waals surface area contributed by atoms with Gasteiger partial charge in [-0.25, -0.2) is 0 Å². The minimum absolute atomic E-state index is 0. The van der Waals surface area contributed by atoms with Crippen molar-refractivity contribution in [1.82, 2.24) is 0 Å². The Morgan fingerprint density at radius 2 is 1.64 bits per heavy atom. The molecule has 0 atom stereocenters. The van der Waals surface area contributed by atoms with Crippen molar-refractivity contribution in [3.8, 4) is 11.5 Å². The number of guanidine groups is 1. The van der Waals surface area contributed by atoms with Gasteiger partial charge in [0, 0.05) is 4.47 Å². The zero-order chi connectivity index (χ0) is 20.1. The average Bonchev–Trinajstić information content (AvgIpc) is 2.65. The van der Waals surface area contributed by atoms with Crippen molar-refractivity contribution in [3.63, 3.8) is 0 Å². The highest BCUT2D eigenvalue weighted by Gasteiger charge is 2.14. The van der Waals surface area contributed by atoms with Gasteiger partial charge in [-0.05, 0) is 79.3 Å². The Labute approximate surface area is 180 Å². The molecule has 0 aromatic heterocycles. The molecule has 2 aromatic carbocycles. The molecule has 2 aromatic rings. The number of hydrogen-bond donors (Lipinski definition) is 2. The number of rotatable bonds is 6. The number of nitrogens with zero attached hydrogens (tertiary/aromatic N) is 2. The zero-order valence-electron chi connectivity index (χ0n) is 16.7. The molecule has 8 heteroatoms. The minimum atomic E-state index is -0.0935. The summed E-state index contributed by atoms with van der Waals surface area (Å²) in [7, 11) is 1.60. The van der Waals surface area contributed by atoms with Gasteiger partial charge in [0.1, 0.15) is 6.61 Å². The Morgan fingerprint density at radius 1 is 1.04 bits per heavy atom. The first kappa shape index (κ1) is 23.8. The van der Waals surface area contributed by atoms with E-state index in [2.05, 4.69) is 53.8 Å². The quantitative estimate of drug-likeness (QED) is 0.374.